The highest BCUT2D eigenvalue weighted by Gasteiger charge is 2.21. The number of fused-ring (bicyclic) bond motifs is 1. The van der Waals surface area contributed by atoms with Gasteiger partial charge in [-0.15, -0.1) is 0 Å². The van der Waals surface area contributed by atoms with Gasteiger partial charge in [0.2, 0.25) is 0 Å². The van der Waals surface area contributed by atoms with E-state index in [1.165, 1.54) is 22.9 Å². The quantitative estimate of drug-likeness (QED) is 0.227. The van der Waals surface area contributed by atoms with Crippen LogP contribution < -0.4 is 35.7 Å². The fraction of sp³-hybridized carbons (Fsp3) is 0.212. The smallest absolute Gasteiger partial charge is 0.335 e. The molecule has 5 rings (SSSR count). The molecular weight excluding hydrogens is 581 g/mol. The lowest BCUT2D eigenvalue weighted by atomic mass is 10.1. The van der Waals surface area contributed by atoms with Crippen molar-refractivity contribution < 1.29 is 24.8 Å². The summed E-state index contributed by atoms with van der Waals surface area (Å²) >= 11 is 0. The first-order chi connectivity index (χ1) is 21.5. The Morgan fingerprint density at radius 3 is 2.29 bits per heavy atom. The molecule has 234 valence electrons. The number of hydrogen-bond acceptors (Lipinski definition) is 8. The van der Waals surface area contributed by atoms with E-state index < -0.39 is 23.0 Å². The molecule has 2 aromatic heterocycles. The largest absolute Gasteiger partial charge is 0.493 e. The second-order valence-corrected chi connectivity index (χ2v) is 10.6. The molecule has 0 unspecified atom stereocenters. The number of methoxy groups -OCH3 is 2. The molecule has 45 heavy (non-hydrogen) atoms. The average Bonchev–Trinajstić information content (AvgIpc) is 3.01. The molecule has 0 saturated heterocycles. The lowest BCUT2D eigenvalue weighted by Gasteiger charge is -2.20. The number of aromatic nitrogens is 3. The number of amides is 1. The van der Waals surface area contributed by atoms with Crippen LogP contribution in [0.4, 0.5) is 15.8 Å². The van der Waals surface area contributed by atoms with Gasteiger partial charge < -0.3 is 24.4 Å². The van der Waals surface area contributed by atoms with Gasteiger partial charge in [0.05, 0.1) is 36.8 Å². The second kappa shape index (κ2) is 12.5. The summed E-state index contributed by atoms with van der Waals surface area (Å²) in [6.07, 6.45) is 2.87. The summed E-state index contributed by atoms with van der Waals surface area (Å²) in [7, 11) is 6.70. The van der Waals surface area contributed by atoms with E-state index in [0.29, 0.717) is 45.3 Å². The summed E-state index contributed by atoms with van der Waals surface area (Å²) < 4.78 is 32.8. The third-order valence-electron chi connectivity index (χ3n) is 7.13. The molecule has 0 aliphatic carbocycles. The SMILES string of the molecule is COc1cc2nccc(Oc3ccc(NC(=O)c4cn(C(C)C)c(=O)n(-c5ccc(F)cc5)c4=O)c(N(C)C)c3)c2cc1OC.[HH]. The van der Waals surface area contributed by atoms with Crippen LogP contribution in [0.1, 0.15) is 31.7 Å². The predicted octanol–water partition coefficient (Wildman–Crippen LogP) is 5.64. The van der Waals surface area contributed by atoms with Crippen LogP contribution in [0.3, 0.4) is 0 Å². The molecule has 0 radical (unpaired) electrons. The van der Waals surface area contributed by atoms with E-state index in [-0.39, 0.29) is 18.7 Å². The minimum Gasteiger partial charge on any atom is -0.493 e. The molecule has 2 heterocycles. The molecule has 0 aliphatic rings. The Hall–Kier alpha value is -5.65. The Kier molecular flexibility index (Phi) is 8.57. The zero-order valence-electron chi connectivity index (χ0n) is 25.6. The zero-order chi connectivity index (χ0) is 32.4. The van der Waals surface area contributed by atoms with Gasteiger partial charge in [-0.05, 0) is 62.4 Å². The van der Waals surface area contributed by atoms with E-state index in [1.807, 2.05) is 0 Å². The maximum Gasteiger partial charge on any atom is 0.335 e. The molecule has 0 spiro atoms. The highest BCUT2D eigenvalue weighted by molar-refractivity contribution is 6.05. The second-order valence-electron chi connectivity index (χ2n) is 10.6. The zero-order valence-corrected chi connectivity index (χ0v) is 25.6. The maximum absolute atomic E-state index is 13.6. The van der Waals surface area contributed by atoms with Gasteiger partial charge >= 0.3 is 5.69 Å². The van der Waals surface area contributed by atoms with Crippen LogP contribution in [0.25, 0.3) is 16.6 Å². The van der Waals surface area contributed by atoms with Gasteiger partial charge in [-0.25, -0.2) is 13.8 Å². The van der Waals surface area contributed by atoms with Crippen molar-refractivity contribution in [1.82, 2.24) is 14.1 Å². The van der Waals surface area contributed by atoms with Gasteiger partial charge in [-0.2, -0.15) is 0 Å². The molecule has 1 amide bonds. The van der Waals surface area contributed by atoms with Crippen molar-refractivity contribution in [3.63, 3.8) is 0 Å². The summed E-state index contributed by atoms with van der Waals surface area (Å²) in [5, 5.41) is 3.51. The molecule has 0 aliphatic heterocycles. The molecule has 0 atom stereocenters. The summed E-state index contributed by atoms with van der Waals surface area (Å²) in [5.41, 5.74) is 0.0528. The number of pyridine rings is 1. The molecule has 0 fully saturated rings. The molecular formula is C33H34FN5O6. The van der Waals surface area contributed by atoms with Crippen molar-refractivity contribution in [2.75, 3.05) is 38.5 Å². The third-order valence-corrected chi connectivity index (χ3v) is 7.13. The first-order valence-corrected chi connectivity index (χ1v) is 14.0. The normalized spacial score (nSPS) is 11.0. The number of nitrogens with one attached hydrogen (secondary N) is 1. The lowest BCUT2D eigenvalue weighted by Crippen LogP contribution is -2.42. The van der Waals surface area contributed by atoms with E-state index in [4.69, 9.17) is 14.2 Å². The van der Waals surface area contributed by atoms with Crippen molar-refractivity contribution in [3.8, 4) is 28.7 Å². The van der Waals surface area contributed by atoms with E-state index in [0.717, 1.165) is 16.7 Å². The molecule has 11 nitrogen and oxygen atoms in total. The van der Waals surface area contributed by atoms with Crippen LogP contribution in [0, 0.1) is 5.82 Å². The van der Waals surface area contributed by atoms with Crippen LogP contribution >= 0.6 is 0 Å². The molecule has 12 heteroatoms. The number of carbonyl (C=O) groups excluding carboxylic acids is 1. The summed E-state index contributed by atoms with van der Waals surface area (Å²) in [6, 6.07) is 14.9. The molecule has 0 saturated carbocycles. The number of anilines is 2. The molecule has 3 aromatic carbocycles. The summed E-state index contributed by atoms with van der Waals surface area (Å²) in [5.74, 6) is 0.828. The van der Waals surface area contributed by atoms with Crippen molar-refractivity contribution in [2.45, 2.75) is 19.9 Å². The number of carbonyl (C=O) groups is 1. The first-order valence-electron chi connectivity index (χ1n) is 14.0. The number of nitrogens with zero attached hydrogens (tertiary/aromatic N) is 4. The predicted molar refractivity (Wildman–Crippen MR) is 172 cm³/mol. The van der Waals surface area contributed by atoms with Crippen LogP contribution in [0.2, 0.25) is 0 Å². The Bertz CT molecular complexity index is 2030. The Labute approximate surface area is 259 Å². The van der Waals surface area contributed by atoms with E-state index in [2.05, 4.69) is 10.3 Å². The number of hydrogen-bond donors (Lipinski definition) is 1. The van der Waals surface area contributed by atoms with E-state index >= 15 is 0 Å². The van der Waals surface area contributed by atoms with Crippen LogP contribution in [0.5, 0.6) is 23.0 Å². The Morgan fingerprint density at radius 1 is 0.956 bits per heavy atom. The van der Waals surface area contributed by atoms with Gasteiger partial charge in [0, 0.05) is 51.5 Å². The Balaban J connectivity index is 0.00000480. The van der Waals surface area contributed by atoms with Crippen LogP contribution in [0.15, 0.2) is 82.6 Å². The highest BCUT2D eigenvalue weighted by atomic mass is 19.1. The van der Waals surface area contributed by atoms with Crippen molar-refractivity contribution in [3.05, 3.63) is 105 Å². The molecule has 5 aromatic rings. The maximum atomic E-state index is 13.6. The number of ether oxygens (including phenoxy) is 3. The molecule has 0 bridgehead atoms. The van der Waals surface area contributed by atoms with Crippen molar-refractivity contribution in [1.29, 1.82) is 0 Å². The van der Waals surface area contributed by atoms with Crippen molar-refractivity contribution >= 4 is 28.2 Å². The minimum absolute atomic E-state index is 0. The fourth-order valence-electron chi connectivity index (χ4n) is 4.82. The Morgan fingerprint density at radius 2 is 1.64 bits per heavy atom. The number of halogens is 1. The van der Waals surface area contributed by atoms with Gasteiger partial charge in [0.25, 0.3) is 11.5 Å². The molecule has 1 N–H and O–H groups in total. The average molecular weight is 616 g/mol. The number of rotatable bonds is 9. The van der Waals surface area contributed by atoms with Crippen molar-refractivity contribution in [2.24, 2.45) is 0 Å². The number of benzene rings is 3. The monoisotopic (exact) mass is 615 g/mol. The van der Waals surface area contributed by atoms with E-state index in [9.17, 15) is 18.8 Å². The summed E-state index contributed by atoms with van der Waals surface area (Å²) in [6.45, 7) is 3.51. The van der Waals surface area contributed by atoms with Gasteiger partial charge in [-0.1, -0.05) is 0 Å². The van der Waals surface area contributed by atoms with E-state index in [1.54, 1.807) is 89.7 Å². The topological polar surface area (TPSA) is 117 Å². The highest BCUT2D eigenvalue weighted by Crippen LogP contribution is 2.38. The fourth-order valence-corrected chi connectivity index (χ4v) is 4.82. The third kappa shape index (κ3) is 6.07. The standard InChI is InChI=1S/C33H32FN5O6.H2/c1-19(2)38-18-24(32(41)39(33(38)42)21-9-7-20(34)8-10-21)31(40)36-25-12-11-22(15-27(25)37(3)4)45-28-13-14-35-26-17-30(44-6)29(43-5)16-23(26)28;/h7-19H,1-6H3,(H,36,40);1H. The van der Waals surface area contributed by atoms with Crippen LogP contribution in [-0.4, -0.2) is 48.3 Å². The first kappa shape index (κ1) is 30.8. The van der Waals surface area contributed by atoms with Gasteiger partial charge in [-0.3, -0.25) is 19.1 Å². The summed E-state index contributed by atoms with van der Waals surface area (Å²) in [4.78, 5) is 46.5. The van der Waals surface area contributed by atoms with Gasteiger partial charge in [0.1, 0.15) is 22.9 Å². The minimum atomic E-state index is -0.830. The lowest BCUT2D eigenvalue weighted by molar-refractivity contribution is 0.102. The van der Waals surface area contributed by atoms with Gasteiger partial charge in [0.15, 0.2) is 11.5 Å². The van der Waals surface area contributed by atoms with Crippen LogP contribution in [-0.2, 0) is 0 Å².